The minimum Gasteiger partial charge on any atom is -0.398 e. The van der Waals surface area contributed by atoms with Crippen LogP contribution >= 0.6 is 0 Å². The van der Waals surface area contributed by atoms with E-state index in [1.54, 1.807) is 12.3 Å². The van der Waals surface area contributed by atoms with Gasteiger partial charge in [-0.3, -0.25) is 0 Å². The minimum atomic E-state index is 0.739. The number of nitrogens with zero attached hydrogens (tertiary/aromatic N) is 2. The number of aromatic nitrogens is 2. The highest BCUT2D eigenvalue weighted by molar-refractivity contribution is 5.70. The summed E-state index contributed by atoms with van der Waals surface area (Å²) in [5, 5.41) is 0. The normalized spacial score (nSPS) is 10.2. The van der Waals surface area contributed by atoms with Gasteiger partial charge >= 0.3 is 0 Å². The van der Waals surface area contributed by atoms with Crippen LogP contribution in [0.3, 0.4) is 0 Å². The maximum atomic E-state index is 5.79. The zero-order valence-corrected chi connectivity index (χ0v) is 8.64. The van der Waals surface area contributed by atoms with Crippen LogP contribution in [-0.2, 0) is 7.05 Å². The Morgan fingerprint density at radius 1 is 1.47 bits per heavy atom. The Hall–Kier alpha value is -2.03. The molecule has 3 nitrogen and oxygen atoms in total. The summed E-state index contributed by atoms with van der Waals surface area (Å²) in [7, 11) is 1.96. The lowest BCUT2D eigenvalue weighted by Crippen LogP contribution is -1.94. The van der Waals surface area contributed by atoms with Crippen molar-refractivity contribution in [3.63, 3.8) is 0 Å². The van der Waals surface area contributed by atoms with Crippen LogP contribution < -0.4 is 5.73 Å². The summed E-state index contributed by atoms with van der Waals surface area (Å²) in [6.45, 7) is 3.73. The molecular weight excluding hydrogens is 186 g/mol. The fourth-order valence-electron chi connectivity index (χ4n) is 1.53. The monoisotopic (exact) mass is 199 g/mol. The Morgan fingerprint density at radius 2 is 2.27 bits per heavy atom. The second kappa shape index (κ2) is 3.61. The van der Waals surface area contributed by atoms with Gasteiger partial charge in [0.1, 0.15) is 5.82 Å². The summed E-state index contributed by atoms with van der Waals surface area (Å²) in [5.74, 6) is 0.929. The van der Waals surface area contributed by atoms with E-state index in [0.717, 1.165) is 22.6 Å². The van der Waals surface area contributed by atoms with E-state index in [1.165, 1.54) is 0 Å². The number of rotatable bonds is 2. The fraction of sp³-hybridized carbons (Fsp3) is 0.0833. The van der Waals surface area contributed by atoms with Crippen molar-refractivity contribution < 1.29 is 0 Å². The maximum absolute atomic E-state index is 5.79. The Morgan fingerprint density at radius 3 is 2.87 bits per heavy atom. The number of aryl methyl sites for hydroxylation is 1. The molecule has 0 radical (unpaired) electrons. The van der Waals surface area contributed by atoms with E-state index in [4.69, 9.17) is 5.73 Å². The van der Waals surface area contributed by atoms with Crippen molar-refractivity contribution in [1.29, 1.82) is 0 Å². The third-order valence-electron chi connectivity index (χ3n) is 2.39. The second-order valence-corrected chi connectivity index (χ2v) is 3.41. The predicted molar refractivity (Wildman–Crippen MR) is 63.1 cm³/mol. The summed E-state index contributed by atoms with van der Waals surface area (Å²) >= 11 is 0. The molecule has 0 aliphatic carbocycles. The molecule has 76 valence electrons. The van der Waals surface area contributed by atoms with Crippen molar-refractivity contribution in [2.24, 2.45) is 7.05 Å². The molecule has 0 fully saturated rings. The first-order valence-corrected chi connectivity index (χ1v) is 4.72. The van der Waals surface area contributed by atoms with Gasteiger partial charge in [-0.1, -0.05) is 12.7 Å². The van der Waals surface area contributed by atoms with Crippen molar-refractivity contribution in [2.75, 3.05) is 5.73 Å². The summed E-state index contributed by atoms with van der Waals surface area (Å²) in [5.41, 5.74) is 8.52. The van der Waals surface area contributed by atoms with Crippen molar-refractivity contribution in [2.45, 2.75) is 0 Å². The second-order valence-electron chi connectivity index (χ2n) is 3.41. The zero-order chi connectivity index (χ0) is 10.8. The van der Waals surface area contributed by atoms with Crippen molar-refractivity contribution >= 4 is 11.8 Å². The van der Waals surface area contributed by atoms with Gasteiger partial charge in [-0.25, -0.2) is 4.98 Å². The third-order valence-corrected chi connectivity index (χ3v) is 2.39. The molecule has 0 unspecified atom stereocenters. The number of hydrogen-bond donors (Lipinski definition) is 1. The van der Waals surface area contributed by atoms with Gasteiger partial charge in [-0.15, -0.1) is 0 Å². The molecule has 0 amide bonds. The highest BCUT2D eigenvalue weighted by atomic mass is 15.0. The molecule has 0 bridgehead atoms. The van der Waals surface area contributed by atoms with Gasteiger partial charge in [-0.05, 0) is 23.8 Å². The molecule has 2 N–H and O–H groups in total. The fourth-order valence-corrected chi connectivity index (χ4v) is 1.53. The molecule has 1 heterocycles. The van der Waals surface area contributed by atoms with Crippen LogP contribution in [0.1, 0.15) is 5.56 Å². The van der Waals surface area contributed by atoms with Crippen LogP contribution in [0.2, 0.25) is 0 Å². The lowest BCUT2D eigenvalue weighted by Gasteiger charge is -2.05. The topological polar surface area (TPSA) is 43.8 Å². The number of anilines is 1. The van der Waals surface area contributed by atoms with Crippen LogP contribution in [0.4, 0.5) is 5.69 Å². The molecular formula is C12H13N3. The maximum Gasteiger partial charge on any atom is 0.139 e. The number of nitrogens with two attached hydrogens (primary N) is 1. The minimum absolute atomic E-state index is 0.739. The highest BCUT2D eigenvalue weighted by Crippen LogP contribution is 2.22. The van der Waals surface area contributed by atoms with E-state index in [2.05, 4.69) is 11.6 Å². The van der Waals surface area contributed by atoms with Crippen LogP contribution in [-0.4, -0.2) is 9.55 Å². The summed E-state index contributed by atoms with van der Waals surface area (Å²) < 4.78 is 1.97. The molecule has 0 atom stereocenters. The lowest BCUT2D eigenvalue weighted by atomic mass is 10.1. The molecule has 0 aliphatic heterocycles. The van der Waals surface area contributed by atoms with Crippen LogP contribution in [0.5, 0.6) is 0 Å². The molecule has 0 saturated heterocycles. The lowest BCUT2D eigenvalue weighted by molar-refractivity contribution is 0.925. The number of benzene rings is 1. The van der Waals surface area contributed by atoms with Crippen molar-refractivity contribution in [1.82, 2.24) is 9.55 Å². The third kappa shape index (κ3) is 1.64. The quantitative estimate of drug-likeness (QED) is 0.754. The summed E-state index contributed by atoms with van der Waals surface area (Å²) in [6, 6.07) is 5.83. The smallest absolute Gasteiger partial charge is 0.139 e. The van der Waals surface area contributed by atoms with Gasteiger partial charge in [0.05, 0.1) is 0 Å². The van der Waals surface area contributed by atoms with Crippen molar-refractivity contribution in [3.05, 3.63) is 42.7 Å². The van der Waals surface area contributed by atoms with Crippen LogP contribution in [0, 0.1) is 0 Å². The van der Waals surface area contributed by atoms with Crippen LogP contribution in [0.15, 0.2) is 37.2 Å². The van der Waals surface area contributed by atoms with Gasteiger partial charge in [0.25, 0.3) is 0 Å². The van der Waals surface area contributed by atoms with E-state index >= 15 is 0 Å². The Balaban J connectivity index is 2.55. The van der Waals surface area contributed by atoms with Gasteiger partial charge in [0.15, 0.2) is 0 Å². The molecule has 0 saturated carbocycles. The molecule has 0 aliphatic rings. The average molecular weight is 199 g/mol. The molecule has 1 aromatic carbocycles. The first-order chi connectivity index (χ1) is 7.22. The van der Waals surface area contributed by atoms with Gasteiger partial charge < -0.3 is 10.3 Å². The van der Waals surface area contributed by atoms with E-state index in [1.807, 2.05) is 36.0 Å². The number of nitrogen functional groups attached to an aromatic ring is 1. The Kier molecular flexibility index (Phi) is 2.29. The molecule has 0 spiro atoms. The van der Waals surface area contributed by atoms with Gasteiger partial charge in [-0.2, -0.15) is 0 Å². The van der Waals surface area contributed by atoms with E-state index < -0.39 is 0 Å². The summed E-state index contributed by atoms with van der Waals surface area (Å²) in [4.78, 5) is 4.28. The Labute approximate surface area is 88.9 Å². The number of imidazole rings is 1. The van der Waals surface area contributed by atoms with Gasteiger partial charge in [0.2, 0.25) is 0 Å². The van der Waals surface area contributed by atoms with E-state index in [-0.39, 0.29) is 0 Å². The first kappa shape index (κ1) is 9.52. The average Bonchev–Trinajstić information content (AvgIpc) is 2.65. The molecule has 2 aromatic rings. The van der Waals surface area contributed by atoms with Crippen molar-refractivity contribution in [3.8, 4) is 11.4 Å². The SMILES string of the molecule is C=Cc1cc(-c2nccn2C)ccc1N. The number of hydrogen-bond acceptors (Lipinski definition) is 2. The standard InChI is InChI=1S/C12H13N3/c1-3-9-8-10(4-5-11(9)13)12-14-6-7-15(12)2/h3-8H,1,13H2,2H3. The van der Waals surface area contributed by atoms with E-state index in [0.29, 0.717) is 0 Å². The molecule has 2 rings (SSSR count). The Bertz CT molecular complexity index is 497. The summed E-state index contributed by atoms with van der Waals surface area (Å²) in [6.07, 6.45) is 5.44. The highest BCUT2D eigenvalue weighted by Gasteiger charge is 2.04. The largest absolute Gasteiger partial charge is 0.398 e. The van der Waals surface area contributed by atoms with Crippen LogP contribution in [0.25, 0.3) is 17.5 Å². The molecule has 15 heavy (non-hydrogen) atoms. The molecule has 3 heteroatoms. The first-order valence-electron chi connectivity index (χ1n) is 4.72. The molecule has 1 aromatic heterocycles. The van der Waals surface area contributed by atoms with E-state index in [9.17, 15) is 0 Å². The predicted octanol–water partition coefficient (Wildman–Crippen LogP) is 2.31. The zero-order valence-electron chi connectivity index (χ0n) is 8.64. The van der Waals surface area contributed by atoms with Gasteiger partial charge in [0, 0.05) is 30.7 Å².